The first-order valence-electron chi connectivity index (χ1n) is 5.78. The SMILES string of the molecule is CCCC(C)N(C)S(=O)(=O)c1cccnc1C#N. The Morgan fingerprint density at radius 1 is 1.56 bits per heavy atom. The molecule has 0 aliphatic carbocycles. The molecule has 0 amide bonds. The van der Waals surface area contributed by atoms with Crippen molar-refractivity contribution in [1.29, 1.82) is 5.26 Å². The van der Waals surface area contributed by atoms with Crippen molar-refractivity contribution in [2.45, 2.75) is 37.6 Å². The summed E-state index contributed by atoms with van der Waals surface area (Å²) in [5.74, 6) is 0. The fourth-order valence-electron chi connectivity index (χ4n) is 1.67. The van der Waals surface area contributed by atoms with Crippen LogP contribution in [0.5, 0.6) is 0 Å². The highest BCUT2D eigenvalue weighted by molar-refractivity contribution is 7.89. The quantitative estimate of drug-likeness (QED) is 0.814. The molecule has 0 aliphatic heterocycles. The summed E-state index contributed by atoms with van der Waals surface area (Å²) in [6, 6.07) is 4.64. The maximum Gasteiger partial charge on any atom is 0.245 e. The highest BCUT2D eigenvalue weighted by Gasteiger charge is 2.27. The van der Waals surface area contributed by atoms with Crippen LogP contribution in [0.2, 0.25) is 0 Å². The van der Waals surface area contributed by atoms with E-state index in [0.29, 0.717) is 0 Å². The van der Waals surface area contributed by atoms with Gasteiger partial charge >= 0.3 is 0 Å². The normalized spacial score (nSPS) is 13.3. The predicted molar refractivity (Wildman–Crippen MR) is 68.3 cm³/mol. The summed E-state index contributed by atoms with van der Waals surface area (Å²) in [5.41, 5.74) is -0.0620. The molecule has 5 nitrogen and oxygen atoms in total. The number of sulfonamides is 1. The minimum Gasteiger partial charge on any atom is -0.244 e. The van der Waals surface area contributed by atoms with Gasteiger partial charge in [0.05, 0.1) is 0 Å². The first kappa shape index (κ1) is 14.6. The van der Waals surface area contributed by atoms with Crippen molar-refractivity contribution in [3.8, 4) is 6.07 Å². The molecule has 0 bridgehead atoms. The van der Waals surface area contributed by atoms with E-state index >= 15 is 0 Å². The van der Waals surface area contributed by atoms with E-state index in [4.69, 9.17) is 5.26 Å². The summed E-state index contributed by atoms with van der Waals surface area (Å²) >= 11 is 0. The molecule has 1 rings (SSSR count). The number of pyridine rings is 1. The standard InChI is InChI=1S/C12H17N3O2S/c1-4-6-10(2)15(3)18(16,17)12-7-5-8-14-11(12)9-13/h5,7-8,10H,4,6H2,1-3H3. The summed E-state index contributed by atoms with van der Waals surface area (Å²) in [7, 11) is -2.12. The zero-order valence-electron chi connectivity index (χ0n) is 10.8. The fourth-order valence-corrected chi connectivity index (χ4v) is 3.16. The summed E-state index contributed by atoms with van der Waals surface area (Å²) in [5, 5.41) is 8.91. The highest BCUT2D eigenvalue weighted by Crippen LogP contribution is 2.20. The van der Waals surface area contributed by atoms with Crippen LogP contribution < -0.4 is 0 Å². The van der Waals surface area contributed by atoms with E-state index in [9.17, 15) is 8.42 Å². The Bertz CT molecular complexity index is 549. The molecule has 0 saturated heterocycles. The first-order valence-corrected chi connectivity index (χ1v) is 7.22. The molecule has 98 valence electrons. The van der Waals surface area contributed by atoms with Crippen molar-refractivity contribution in [3.63, 3.8) is 0 Å². The second-order valence-electron chi connectivity index (χ2n) is 4.12. The van der Waals surface area contributed by atoms with Crippen LogP contribution in [0.15, 0.2) is 23.2 Å². The smallest absolute Gasteiger partial charge is 0.244 e. The van der Waals surface area contributed by atoms with Crippen LogP contribution in [0.25, 0.3) is 0 Å². The Labute approximate surface area is 108 Å². The minimum absolute atomic E-state index is 0.0297. The third-order valence-electron chi connectivity index (χ3n) is 2.86. The molecule has 1 heterocycles. The number of hydrogen-bond donors (Lipinski definition) is 0. The van der Waals surface area contributed by atoms with E-state index in [2.05, 4.69) is 4.98 Å². The van der Waals surface area contributed by atoms with Gasteiger partial charge in [-0.25, -0.2) is 13.4 Å². The van der Waals surface area contributed by atoms with Gasteiger partial charge in [-0.05, 0) is 25.5 Å². The van der Waals surface area contributed by atoms with E-state index in [-0.39, 0.29) is 16.6 Å². The lowest BCUT2D eigenvalue weighted by atomic mass is 10.2. The van der Waals surface area contributed by atoms with Crippen LogP contribution >= 0.6 is 0 Å². The van der Waals surface area contributed by atoms with Crippen molar-refractivity contribution < 1.29 is 8.42 Å². The lowest BCUT2D eigenvalue weighted by Crippen LogP contribution is -2.35. The Hall–Kier alpha value is -1.45. The monoisotopic (exact) mass is 267 g/mol. The van der Waals surface area contributed by atoms with Gasteiger partial charge in [-0.15, -0.1) is 0 Å². The maximum atomic E-state index is 12.4. The molecule has 18 heavy (non-hydrogen) atoms. The van der Waals surface area contributed by atoms with Gasteiger partial charge in [0.15, 0.2) is 5.69 Å². The molecule has 1 atom stereocenters. The van der Waals surface area contributed by atoms with Crippen LogP contribution in [0, 0.1) is 11.3 Å². The molecule has 1 aromatic rings. The third-order valence-corrected chi connectivity index (χ3v) is 4.86. The van der Waals surface area contributed by atoms with Crippen molar-refractivity contribution >= 4 is 10.0 Å². The van der Waals surface area contributed by atoms with Crippen LogP contribution in [0.1, 0.15) is 32.4 Å². The lowest BCUT2D eigenvalue weighted by Gasteiger charge is -2.24. The largest absolute Gasteiger partial charge is 0.245 e. The second-order valence-corrected chi connectivity index (χ2v) is 6.09. The minimum atomic E-state index is -3.65. The Balaban J connectivity index is 3.18. The van der Waals surface area contributed by atoms with Gasteiger partial charge in [-0.3, -0.25) is 0 Å². The van der Waals surface area contributed by atoms with Gasteiger partial charge in [-0.2, -0.15) is 9.57 Å². The van der Waals surface area contributed by atoms with Crippen molar-refractivity contribution in [1.82, 2.24) is 9.29 Å². The van der Waals surface area contributed by atoms with Crippen LogP contribution in [-0.4, -0.2) is 30.8 Å². The Kier molecular flexibility index (Phi) is 4.82. The van der Waals surface area contributed by atoms with Crippen LogP contribution in [-0.2, 0) is 10.0 Å². The fraction of sp³-hybridized carbons (Fsp3) is 0.500. The number of nitrogens with zero attached hydrogens (tertiary/aromatic N) is 3. The molecule has 1 aromatic heterocycles. The van der Waals surface area contributed by atoms with Gasteiger partial charge in [0.2, 0.25) is 10.0 Å². The molecule has 0 aromatic carbocycles. The number of aromatic nitrogens is 1. The van der Waals surface area contributed by atoms with E-state index in [1.165, 1.54) is 29.7 Å². The number of hydrogen-bond acceptors (Lipinski definition) is 4. The molecular weight excluding hydrogens is 250 g/mol. The summed E-state index contributed by atoms with van der Waals surface area (Å²) in [4.78, 5) is 3.75. The van der Waals surface area contributed by atoms with Crippen LogP contribution in [0.3, 0.4) is 0 Å². The maximum absolute atomic E-state index is 12.4. The molecule has 0 aliphatic rings. The van der Waals surface area contributed by atoms with E-state index < -0.39 is 10.0 Å². The average Bonchev–Trinajstić information content (AvgIpc) is 2.38. The lowest BCUT2D eigenvalue weighted by molar-refractivity contribution is 0.368. The van der Waals surface area contributed by atoms with E-state index in [1.54, 1.807) is 0 Å². The molecule has 0 fully saturated rings. The van der Waals surface area contributed by atoms with Crippen molar-refractivity contribution in [3.05, 3.63) is 24.0 Å². The Morgan fingerprint density at radius 2 is 2.22 bits per heavy atom. The summed E-state index contributed by atoms with van der Waals surface area (Å²) in [6.45, 7) is 3.85. The van der Waals surface area contributed by atoms with Gasteiger partial charge < -0.3 is 0 Å². The number of nitriles is 1. The van der Waals surface area contributed by atoms with Crippen LogP contribution in [0.4, 0.5) is 0 Å². The predicted octanol–water partition coefficient (Wildman–Crippen LogP) is 1.76. The molecular formula is C12H17N3O2S. The average molecular weight is 267 g/mol. The molecule has 0 saturated carbocycles. The second kappa shape index (κ2) is 5.94. The molecule has 0 N–H and O–H groups in total. The van der Waals surface area contributed by atoms with Gasteiger partial charge in [0, 0.05) is 19.3 Å². The van der Waals surface area contributed by atoms with E-state index in [0.717, 1.165) is 12.8 Å². The topological polar surface area (TPSA) is 74.1 Å². The molecule has 6 heteroatoms. The van der Waals surface area contributed by atoms with Crippen molar-refractivity contribution in [2.24, 2.45) is 0 Å². The molecule has 1 unspecified atom stereocenters. The zero-order chi connectivity index (χ0) is 13.8. The van der Waals surface area contributed by atoms with E-state index in [1.807, 2.05) is 19.9 Å². The first-order chi connectivity index (χ1) is 8.45. The van der Waals surface area contributed by atoms with Gasteiger partial charge in [0.25, 0.3) is 0 Å². The molecule has 0 radical (unpaired) electrons. The summed E-state index contributed by atoms with van der Waals surface area (Å²) in [6.07, 6.45) is 3.09. The Morgan fingerprint density at radius 3 is 2.78 bits per heavy atom. The van der Waals surface area contributed by atoms with Gasteiger partial charge in [0.1, 0.15) is 11.0 Å². The van der Waals surface area contributed by atoms with Crippen molar-refractivity contribution in [2.75, 3.05) is 7.05 Å². The third kappa shape index (κ3) is 2.86. The van der Waals surface area contributed by atoms with Gasteiger partial charge in [-0.1, -0.05) is 13.3 Å². The number of rotatable bonds is 5. The zero-order valence-corrected chi connectivity index (χ0v) is 11.6. The summed E-state index contributed by atoms with van der Waals surface area (Å²) < 4.78 is 26.0. The highest BCUT2D eigenvalue weighted by atomic mass is 32.2. The molecule has 0 spiro atoms.